The van der Waals surface area contributed by atoms with Crippen molar-refractivity contribution in [3.8, 4) is 11.1 Å². The summed E-state index contributed by atoms with van der Waals surface area (Å²) in [6, 6.07) is 14.6. The fourth-order valence-electron chi connectivity index (χ4n) is 3.38. The third-order valence-corrected chi connectivity index (χ3v) is 4.82. The SMILES string of the molecule is O=C(O)C1CCCN(CCN/N=C/c2c(F)cccc2-c2ccccc2)C1. The molecule has 2 aromatic rings. The first-order valence-electron chi connectivity index (χ1n) is 9.20. The molecule has 1 atom stereocenters. The number of nitrogens with zero attached hydrogens (tertiary/aromatic N) is 2. The van der Waals surface area contributed by atoms with Crippen LogP contribution in [0.5, 0.6) is 0 Å². The fraction of sp³-hybridized carbons (Fsp3) is 0.333. The van der Waals surface area contributed by atoms with Gasteiger partial charge in [0, 0.05) is 25.2 Å². The van der Waals surface area contributed by atoms with Crippen molar-refractivity contribution in [2.75, 3.05) is 26.2 Å². The molecule has 2 aromatic carbocycles. The Bertz CT molecular complexity index is 795. The molecule has 1 heterocycles. The summed E-state index contributed by atoms with van der Waals surface area (Å²) in [5.74, 6) is -1.32. The van der Waals surface area contributed by atoms with Crippen molar-refractivity contribution in [1.82, 2.24) is 10.3 Å². The van der Waals surface area contributed by atoms with Crippen LogP contribution in [0.25, 0.3) is 11.1 Å². The van der Waals surface area contributed by atoms with Crippen molar-refractivity contribution < 1.29 is 14.3 Å². The summed E-state index contributed by atoms with van der Waals surface area (Å²) >= 11 is 0. The third kappa shape index (κ3) is 5.14. The first-order valence-corrected chi connectivity index (χ1v) is 9.20. The second-order valence-electron chi connectivity index (χ2n) is 6.71. The lowest BCUT2D eigenvalue weighted by Crippen LogP contribution is -2.41. The van der Waals surface area contributed by atoms with Gasteiger partial charge in [0.2, 0.25) is 0 Å². The van der Waals surface area contributed by atoms with Gasteiger partial charge in [-0.1, -0.05) is 42.5 Å². The molecule has 1 fully saturated rings. The van der Waals surface area contributed by atoms with Crippen LogP contribution in [0.15, 0.2) is 53.6 Å². The molecule has 0 amide bonds. The molecule has 5 nitrogen and oxygen atoms in total. The number of piperidine rings is 1. The molecular formula is C21H24FN3O2. The summed E-state index contributed by atoms with van der Waals surface area (Å²) in [5.41, 5.74) is 5.12. The number of halogens is 1. The highest BCUT2D eigenvalue weighted by Gasteiger charge is 2.24. The zero-order valence-corrected chi connectivity index (χ0v) is 15.1. The van der Waals surface area contributed by atoms with E-state index in [0.29, 0.717) is 25.2 Å². The summed E-state index contributed by atoms with van der Waals surface area (Å²) < 4.78 is 14.3. The number of aliphatic carboxylic acids is 1. The monoisotopic (exact) mass is 369 g/mol. The highest BCUT2D eigenvalue weighted by atomic mass is 19.1. The van der Waals surface area contributed by atoms with E-state index >= 15 is 0 Å². The lowest BCUT2D eigenvalue weighted by Gasteiger charge is -2.30. The Labute approximate surface area is 158 Å². The van der Waals surface area contributed by atoms with Crippen LogP contribution in [0.2, 0.25) is 0 Å². The minimum Gasteiger partial charge on any atom is -0.481 e. The van der Waals surface area contributed by atoms with Crippen molar-refractivity contribution in [2.24, 2.45) is 11.0 Å². The molecule has 0 spiro atoms. The van der Waals surface area contributed by atoms with Crippen molar-refractivity contribution >= 4 is 12.2 Å². The number of hydrazone groups is 1. The fourth-order valence-corrected chi connectivity index (χ4v) is 3.38. The Morgan fingerprint density at radius 3 is 2.85 bits per heavy atom. The van der Waals surface area contributed by atoms with Crippen LogP contribution in [0, 0.1) is 11.7 Å². The quantitative estimate of drug-likeness (QED) is 0.447. The maximum Gasteiger partial charge on any atom is 0.307 e. The van der Waals surface area contributed by atoms with Gasteiger partial charge in [0.15, 0.2) is 0 Å². The summed E-state index contributed by atoms with van der Waals surface area (Å²) in [6.45, 7) is 2.77. The molecule has 1 saturated heterocycles. The summed E-state index contributed by atoms with van der Waals surface area (Å²) in [7, 11) is 0. The molecule has 6 heteroatoms. The predicted octanol–water partition coefficient (Wildman–Crippen LogP) is 3.21. The van der Waals surface area contributed by atoms with Crippen LogP contribution in [0.1, 0.15) is 18.4 Å². The Kier molecular flexibility index (Phi) is 6.54. The van der Waals surface area contributed by atoms with Gasteiger partial charge < -0.3 is 15.4 Å². The molecule has 1 aliphatic heterocycles. The standard InChI is InChI=1S/C21H24FN3O2/c22-20-10-4-9-18(16-6-2-1-3-7-16)19(20)14-24-23-11-13-25-12-5-8-17(15-25)21(26)27/h1-4,6-7,9-10,14,17,23H,5,8,11-13,15H2,(H,26,27)/b24-14+. The molecule has 3 rings (SSSR count). The van der Waals surface area contributed by atoms with Gasteiger partial charge in [0.25, 0.3) is 0 Å². The van der Waals surface area contributed by atoms with E-state index in [4.69, 9.17) is 5.11 Å². The second kappa shape index (κ2) is 9.28. The topological polar surface area (TPSA) is 64.9 Å². The van der Waals surface area contributed by atoms with Crippen LogP contribution in [0.4, 0.5) is 4.39 Å². The van der Waals surface area contributed by atoms with Gasteiger partial charge >= 0.3 is 5.97 Å². The van der Waals surface area contributed by atoms with Gasteiger partial charge in [-0.05, 0) is 36.6 Å². The summed E-state index contributed by atoms with van der Waals surface area (Å²) in [5, 5.41) is 13.3. The average molecular weight is 369 g/mol. The first kappa shape index (κ1) is 19.0. The first-order chi connectivity index (χ1) is 13.1. The van der Waals surface area contributed by atoms with Gasteiger partial charge in [0.05, 0.1) is 12.1 Å². The molecule has 0 aromatic heterocycles. The van der Waals surface area contributed by atoms with Crippen molar-refractivity contribution in [1.29, 1.82) is 0 Å². The van der Waals surface area contributed by atoms with E-state index in [-0.39, 0.29) is 11.7 Å². The number of carboxylic acids is 1. The summed E-state index contributed by atoms with van der Waals surface area (Å²) in [6.07, 6.45) is 3.15. The highest BCUT2D eigenvalue weighted by Crippen LogP contribution is 2.24. The normalized spacial score (nSPS) is 17.9. The number of nitrogens with one attached hydrogen (secondary N) is 1. The maximum absolute atomic E-state index is 14.3. The molecule has 0 saturated carbocycles. The minimum absolute atomic E-state index is 0.283. The average Bonchev–Trinajstić information content (AvgIpc) is 2.69. The highest BCUT2D eigenvalue weighted by molar-refractivity contribution is 5.90. The van der Waals surface area contributed by atoms with Gasteiger partial charge in [-0.15, -0.1) is 0 Å². The van der Waals surface area contributed by atoms with Gasteiger partial charge in [-0.2, -0.15) is 5.10 Å². The van der Waals surface area contributed by atoms with E-state index in [2.05, 4.69) is 15.4 Å². The lowest BCUT2D eigenvalue weighted by atomic mass is 9.98. The zero-order chi connectivity index (χ0) is 19.1. The van der Waals surface area contributed by atoms with Crippen LogP contribution in [0.3, 0.4) is 0 Å². The zero-order valence-electron chi connectivity index (χ0n) is 15.1. The number of likely N-dealkylation sites (tertiary alicyclic amines) is 1. The van der Waals surface area contributed by atoms with Crippen LogP contribution < -0.4 is 5.43 Å². The minimum atomic E-state index is -0.723. The number of carboxylic acid groups (broad SMARTS) is 1. The van der Waals surface area contributed by atoms with Crippen LogP contribution in [-0.4, -0.2) is 48.4 Å². The Hall–Kier alpha value is -2.73. The van der Waals surface area contributed by atoms with E-state index in [1.165, 1.54) is 12.3 Å². The van der Waals surface area contributed by atoms with E-state index in [1.807, 2.05) is 36.4 Å². The van der Waals surface area contributed by atoms with Crippen LogP contribution in [-0.2, 0) is 4.79 Å². The summed E-state index contributed by atoms with van der Waals surface area (Å²) in [4.78, 5) is 13.2. The Morgan fingerprint density at radius 1 is 1.26 bits per heavy atom. The Balaban J connectivity index is 1.57. The number of rotatable bonds is 7. The Morgan fingerprint density at radius 2 is 2.07 bits per heavy atom. The van der Waals surface area contributed by atoms with Crippen LogP contribution >= 0.6 is 0 Å². The molecule has 142 valence electrons. The van der Waals surface area contributed by atoms with Crippen molar-refractivity contribution in [3.05, 3.63) is 59.9 Å². The van der Waals surface area contributed by atoms with E-state index in [9.17, 15) is 9.18 Å². The number of hydrogen-bond donors (Lipinski definition) is 2. The third-order valence-electron chi connectivity index (χ3n) is 4.82. The molecule has 0 bridgehead atoms. The van der Waals surface area contributed by atoms with Crippen molar-refractivity contribution in [3.63, 3.8) is 0 Å². The lowest BCUT2D eigenvalue weighted by molar-refractivity contribution is -0.143. The molecule has 0 aliphatic carbocycles. The van der Waals surface area contributed by atoms with E-state index < -0.39 is 5.97 Å². The molecule has 0 radical (unpaired) electrons. The largest absolute Gasteiger partial charge is 0.481 e. The van der Waals surface area contributed by atoms with Gasteiger partial charge in [0.1, 0.15) is 5.82 Å². The predicted molar refractivity (Wildman–Crippen MR) is 104 cm³/mol. The molecule has 1 unspecified atom stereocenters. The molecule has 2 N–H and O–H groups in total. The smallest absolute Gasteiger partial charge is 0.307 e. The van der Waals surface area contributed by atoms with Crippen molar-refractivity contribution in [2.45, 2.75) is 12.8 Å². The van der Waals surface area contributed by atoms with E-state index in [0.717, 1.165) is 30.5 Å². The van der Waals surface area contributed by atoms with Gasteiger partial charge in [-0.25, -0.2) is 4.39 Å². The number of benzene rings is 2. The maximum atomic E-state index is 14.3. The molecular weight excluding hydrogens is 345 g/mol. The molecule has 1 aliphatic rings. The van der Waals surface area contributed by atoms with Gasteiger partial charge in [-0.3, -0.25) is 4.79 Å². The number of carbonyl (C=O) groups is 1. The molecule has 27 heavy (non-hydrogen) atoms. The van der Waals surface area contributed by atoms with E-state index in [1.54, 1.807) is 6.07 Å². The number of hydrogen-bond acceptors (Lipinski definition) is 4. The second-order valence-corrected chi connectivity index (χ2v) is 6.71.